The van der Waals surface area contributed by atoms with Crippen molar-refractivity contribution >= 4 is 27.6 Å². The van der Waals surface area contributed by atoms with Gasteiger partial charge in [-0.2, -0.15) is 13.2 Å². The molecule has 1 aromatic carbocycles. The molecule has 0 heterocycles. The molecule has 0 bridgehead atoms. The van der Waals surface area contributed by atoms with Crippen LogP contribution in [0.5, 0.6) is 0 Å². The number of hydrogen-bond acceptors (Lipinski definition) is 4. The van der Waals surface area contributed by atoms with Gasteiger partial charge in [-0.3, -0.25) is 9.52 Å². The Kier molecular flexibility index (Phi) is 5.82. The van der Waals surface area contributed by atoms with Crippen LogP contribution in [0.25, 0.3) is 0 Å². The summed E-state index contributed by atoms with van der Waals surface area (Å²) in [5, 5.41) is 10.6. The van der Waals surface area contributed by atoms with E-state index >= 15 is 0 Å². The number of aryl methyl sites for hydroxylation is 1. The molecule has 7 nitrogen and oxygen atoms in total. The first-order valence-electron chi connectivity index (χ1n) is 6.47. The van der Waals surface area contributed by atoms with Crippen molar-refractivity contribution in [1.29, 1.82) is 0 Å². The van der Waals surface area contributed by atoms with E-state index in [1.165, 1.54) is 18.2 Å². The molecule has 0 saturated heterocycles. The van der Waals surface area contributed by atoms with Crippen molar-refractivity contribution in [2.24, 2.45) is 0 Å². The number of rotatable bonds is 6. The lowest BCUT2D eigenvalue weighted by Crippen LogP contribution is -2.43. The van der Waals surface area contributed by atoms with Gasteiger partial charge in [0, 0.05) is 0 Å². The van der Waals surface area contributed by atoms with E-state index < -0.39 is 40.5 Å². The Morgan fingerprint density at radius 2 is 1.88 bits per heavy atom. The third-order valence-corrected chi connectivity index (χ3v) is 3.34. The first kappa shape index (κ1) is 19.7. The summed E-state index contributed by atoms with van der Waals surface area (Å²) in [4.78, 5) is 23.0. The minimum absolute atomic E-state index is 0.170. The molecule has 0 aliphatic carbocycles. The maximum atomic E-state index is 12.4. The Morgan fingerprint density at radius 1 is 1.29 bits per heavy atom. The Hall–Kier alpha value is -2.30. The Bertz CT molecular complexity index is 746. The number of aliphatic carboxylic acids is 1. The number of carboxylic acids is 1. The normalized spacial score (nSPS) is 13.2. The second-order valence-corrected chi connectivity index (χ2v) is 6.86. The molecule has 11 heteroatoms. The zero-order chi connectivity index (χ0) is 18.7. The highest BCUT2D eigenvalue weighted by Crippen LogP contribution is 2.23. The van der Waals surface area contributed by atoms with E-state index in [2.05, 4.69) is 4.72 Å². The van der Waals surface area contributed by atoms with Gasteiger partial charge in [0.2, 0.25) is 10.0 Å². The fourth-order valence-corrected chi connectivity index (χ4v) is 2.38. The Labute approximate surface area is 135 Å². The number of carboxylic acid groups (broad SMARTS) is 1. The van der Waals surface area contributed by atoms with E-state index in [1.54, 1.807) is 12.2 Å². The molecule has 1 rings (SSSR count). The molecular formula is C13H15F3N2O5S. The zero-order valence-corrected chi connectivity index (χ0v) is 13.5. The van der Waals surface area contributed by atoms with Gasteiger partial charge in [-0.05, 0) is 19.1 Å². The molecule has 0 aliphatic heterocycles. The molecule has 1 aromatic rings. The van der Waals surface area contributed by atoms with Crippen molar-refractivity contribution in [2.75, 3.05) is 11.0 Å². The average Bonchev–Trinajstić information content (AvgIpc) is 2.36. The molecule has 0 aliphatic rings. The molecule has 24 heavy (non-hydrogen) atoms. The molecule has 1 unspecified atom stereocenters. The number of sulfonamides is 1. The standard InChI is InChI=1S/C13H15F3N2O5S/c1-7-3-4-9(18-24(2,22)23)8(5-7)11(19)17-10(12(20)21)6-13(14,15)16/h3-5,10,18H,6H2,1-2H3,(H,17,19)(H,20,21). The topological polar surface area (TPSA) is 113 Å². The quantitative estimate of drug-likeness (QED) is 0.704. The third kappa shape index (κ3) is 6.44. The van der Waals surface area contributed by atoms with Gasteiger partial charge in [0.05, 0.1) is 23.9 Å². The van der Waals surface area contributed by atoms with E-state index in [0.717, 1.165) is 6.26 Å². The highest BCUT2D eigenvalue weighted by molar-refractivity contribution is 7.92. The number of carbonyl (C=O) groups excluding carboxylic acids is 1. The van der Waals surface area contributed by atoms with E-state index in [1.807, 2.05) is 0 Å². The minimum atomic E-state index is -4.79. The van der Waals surface area contributed by atoms with Gasteiger partial charge in [0.15, 0.2) is 0 Å². The van der Waals surface area contributed by atoms with Crippen LogP contribution in [-0.2, 0) is 14.8 Å². The lowest BCUT2D eigenvalue weighted by molar-refractivity contribution is -0.157. The van der Waals surface area contributed by atoms with Crippen LogP contribution in [-0.4, -0.2) is 43.9 Å². The molecular weight excluding hydrogens is 353 g/mol. The summed E-state index contributed by atoms with van der Waals surface area (Å²) in [7, 11) is -3.75. The minimum Gasteiger partial charge on any atom is -0.480 e. The van der Waals surface area contributed by atoms with Crippen molar-refractivity contribution in [2.45, 2.75) is 25.6 Å². The summed E-state index contributed by atoms with van der Waals surface area (Å²) in [6.45, 7) is 1.57. The fraction of sp³-hybridized carbons (Fsp3) is 0.385. The number of benzene rings is 1. The van der Waals surface area contributed by atoms with Crippen molar-refractivity contribution in [3.8, 4) is 0 Å². The first-order valence-corrected chi connectivity index (χ1v) is 8.36. The SMILES string of the molecule is Cc1ccc(NS(C)(=O)=O)c(C(=O)NC(CC(F)(F)F)C(=O)O)c1. The van der Waals surface area contributed by atoms with E-state index in [9.17, 15) is 31.2 Å². The molecule has 1 amide bonds. The number of anilines is 1. The van der Waals surface area contributed by atoms with Crippen LogP contribution in [0.3, 0.4) is 0 Å². The maximum absolute atomic E-state index is 12.4. The van der Waals surface area contributed by atoms with Gasteiger partial charge in [0.25, 0.3) is 5.91 Å². The predicted octanol–water partition coefficient (Wildman–Crippen LogP) is 1.50. The Morgan fingerprint density at radius 3 is 2.33 bits per heavy atom. The number of alkyl halides is 3. The predicted molar refractivity (Wildman–Crippen MR) is 79.2 cm³/mol. The smallest absolute Gasteiger partial charge is 0.391 e. The van der Waals surface area contributed by atoms with Crippen LogP contribution in [0.2, 0.25) is 0 Å². The lowest BCUT2D eigenvalue weighted by Gasteiger charge is -2.18. The number of nitrogens with one attached hydrogen (secondary N) is 2. The van der Waals surface area contributed by atoms with Crippen LogP contribution in [0.4, 0.5) is 18.9 Å². The number of hydrogen-bond donors (Lipinski definition) is 3. The van der Waals surface area contributed by atoms with Crippen molar-refractivity contribution in [1.82, 2.24) is 5.32 Å². The second-order valence-electron chi connectivity index (χ2n) is 5.11. The third-order valence-electron chi connectivity index (χ3n) is 2.75. The van der Waals surface area contributed by atoms with Gasteiger partial charge in [-0.15, -0.1) is 0 Å². The maximum Gasteiger partial charge on any atom is 0.391 e. The summed E-state index contributed by atoms with van der Waals surface area (Å²) in [6.07, 6.45) is -5.72. The van der Waals surface area contributed by atoms with Crippen LogP contribution >= 0.6 is 0 Å². The number of halogens is 3. The molecule has 134 valence electrons. The van der Waals surface area contributed by atoms with E-state index in [0.29, 0.717) is 5.56 Å². The molecule has 3 N–H and O–H groups in total. The molecule has 0 spiro atoms. The summed E-state index contributed by atoms with van der Waals surface area (Å²) >= 11 is 0. The number of amides is 1. The lowest BCUT2D eigenvalue weighted by atomic mass is 10.1. The summed E-state index contributed by atoms with van der Waals surface area (Å²) in [5.74, 6) is -2.99. The summed E-state index contributed by atoms with van der Waals surface area (Å²) < 4.78 is 61.8. The van der Waals surface area contributed by atoms with Crippen LogP contribution in [0, 0.1) is 6.92 Å². The fourth-order valence-electron chi connectivity index (χ4n) is 1.80. The number of carbonyl (C=O) groups is 2. The van der Waals surface area contributed by atoms with Gasteiger partial charge in [-0.25, -0.2) is 13.2 Å². The zero-order valence-electron chi connectivity index (χ0n) is 12.6. The van der Waals surface area contributed by atoms with Gasteiger partial charge >= 0.3 is 12.1 Å². The van der Waals surface area contributed by atoms with E-state index in [4.69, 9.17) is 5.11 Å². The average molecular weight is 368 g/mol. The molecule has 0 aromatic heterocycles. The van der Waals surface area contributed by atoms with Crippen LogP contribution in [0.15, 0.2) is 18.2 Å². The second kappa shape index (κ2) is 7.07. The van der Waals surface area contributed by atoms with Crippen LogP contribution < -0.4 is 10.0 Å². The monoisotopic (exact) mass is 368 g/mol. The van der Waals surface area contributed by atoms with E-state index in [-0.39, 0.29) is 11.3 Å². The van der Waals surface area contributed by atoms with Crippen LogP contribution in [0.1, 0.15) is 22.3 Å². The van der Waals surface area contributed by atoms with Crippen molar-refractivity contribution in [3.63, 3.8) is 0 Å². The van der Waals surface area contributed by atoms with Gasteiger partial charge < -0.3 is 10.4 Å². The summed E-state index contributed by atoms with van der Waals surface area (Å²) in [6, 6.07) is 1.78. The highest BCUT2D eigenvalue weighted by Gasteiger charge is 2.36. The molecule has 0 saturated carbocycles. The van der Waals surface area contributed by atoms with Gasteiger partial charge in [-0.1, -0.05) is 11.6 Å². The largest absolute Gasteiger partial charge is 0.480 e. The first-order chi connectivity index (χ1) is 10.8. The van der Waals surface area contributed by atoms with Gasteiger partial charge in [0.1, 0.15) is 6.04 Å². The summed E-state index contributed by atoms with van der Waals surface area (Å²) in [5.41, 5.74) is 0.0764. The Balaban J connectivity index is 3.13. The van der Waals surface area contributed by atoms with Crippen molar-refractivity contribution < 1.29 is 36.3 Å². The molecule has 0 radical (unpaired) electrons. The molecule has 0 fully saturated rings. The molecule has 1 atom stereocenters. The highest BCUT2D eigenvalue weighted by atomic mass is 32.2. The van der Waals surface area contributed by atoms with Crippen molar-refractivity contribution in [3.05, 3.63) is 29.3 Å².